The minimum atomic E-state index is -3.81. The fourth-order valence-electron chi connectivity index (χ4n) is 1.96. The number of benzene rings is 1. The van der Waals surface area contributed by atoms with Crippen LogP contribution in [-0.4, -0.2) is 39.4 Å². The molecule has 0 aromatic heterocycles. The van der Waals surface area contributed by atoms with E-state index >= 15 is 0 Å². The van der Waals surface area contributed by atoms with Gasteiger partial charge in [-0.1, -0.05) is 50.4 Å². The zero-order chi connectivity index (χ0) is 18.5. The molecule has 0 heterocycles. The van der Waals surface area contributed by atoms with Crippen molar-refractivity contribution in [1.82, 2.24) is 9.62 Å². The highest BCUT2D eigenvalue weighted by Crippen LogP contribution is 2.29. The average Bonchev–Trinajstić information content (AvgIpc) is 2.49. The number of hydrogen-bond acceptors (Lipinski definition) is 3. The largest absolute Gasteiger partial charge is 0.342 e. The fourth-order valence-corrected chi connectivity index (χ4v) is 4.02. The minimum Gasteiger partial charge on any atom is -0.342 e. The monoisotopic (exact) mass is 394 g/mol. The molecule has 0 aliphatic rings. The quantitative estimate of drug-likeness (QED) is 0.728. The van der Waals surface area contributed by atoms with Gasteiger partial charge in [-0.15, -0.1) is 0 Å². The molecule has 0 fully saturated rings. The highest BCUT2D eigenvalue weighted by atomic mass is 35.5. The number of nitrogens with one attached hydrogen (secondary N) is 1. The molecule has 0 saturated carbocycles. The molecule has 1 aromatic carbocycles. The fraction of sp³-hybridized carbons (Fsp3) is 0.562. The number of nitrogens with zero attached hydrogens (tertiary/aromatic N) is 1. The van der Waals surface area contributed by atoms with E-state index in [4.69, 9.17) is 23.2 Å². The van der Waals surface area contributed by atoms with Gasteiger partial charge in [0.05, 0.1) is 15.6 Å². The van der Waals surface area contributed by atoms with Gasteiger partial charge in [0.2, 0.25) is 10.0 Å². The summed E-state index contributed by atoms with van der Waals surface area (Å²) in [6.45, 7) is 6.66. The molecule has 0 spiro atoms. The Labute approximate surface area is 154 Å². The van der Waals surface area contributed by atoms with Crippen LogP contribution in [0.25, 0.3) is 0 Å². The van der Waals surface area contributed by atoms with Crippen LogP contribution in [-0.2, 0) is 10.0 Å². The van der Waals surface area contributed by atoms with Gasteiger partial charge in [0.15, 0.2) is 0 Å². The summed E-state index contributed by atoms with van der Waals surface area (Å²) < 4.78 is 27.3. The summed E-state index contributed by atoms with van der Waals surface area (Å²) in [5.74, 6) is -0.183. The van der Waals surface area contributed by atoms with E-state index < -0.39 is 10.0 Å². The van der Waals surface area contributed by atoms with Gasteiger partial charge >= 0.3 is 0 Å². The van der Waals surface area contributed by atoms with Crippen LogP contribution in [0.2, 0.25) is 10.0 Å². The molecule has 1 aromatic rings. The number of hydrogen-bond donors (Lipinski definition) is 1. The van der Waals surface area contributed by atoms with Gasteiger partial charge in [0, 0.05) is 20.1 Å². The molecule has 8 heteroatoms. The third kappa shape index (κ3) is 5.62. The van der Waals surface area contributed by atoms with Gasteiger partial charge in [-0.3, -0.25) is 4.79 Å². The molecule has 1 rings (SSSR count). The maximum atomic E-state index is 12.5. The van der Waals surface area contributed by atoms with Gasteiger partial charge in [0.25, 0.3) is 5.91 Å². The standard InChI is InChI=1S/C16H24Cl2N2O3S/c1-5-6-7-20(4)16(21)12-8-15(14(18)9-13(12)17)24(22,23)19-10-11(2)3/h8-9,11,19H,5-7,10H2,1-4H3. The maximum absolute atomic E-state index is 12.5. The second-order valence-electron chi connectivity index (χ2n) is 6.09. The Kier molecular flexibility index (Phi) is 7.99. The first kappa shape index (κ1) is 21.2. The van der Waals surface area contributed by atoms with Crippen LogP contribution in [0.3, 0.4) is 0 Å². The summed E-state index contributed by atoms with van der Waals surface area (Å²) in [5, 5.41) is 0.125. The third-order valence-electron chi connectivity index (χ3n) is 3.42. The van der Waals surface area contributed by atoms with Crippen LogP contribution < -0.4 is 4.72 Å². The van der Waals surface area contributed by atoms with E-state index in [0.29, 0.717) is 6.54 Å². The summed E-state index contributed by atoms with van der Waals surface area (Å²) in [7, 11) is -2.15. The van der Waals surface area contributed by atoms with E-state index in [0.717, 1.165) is 12.8 Å². The molecule has 0 bridgehead atoms. The lowest BCUT2D eigenvalue weighted by Gasteiger charge is -2.19. The number of unbranched alkanes of at least 4 members (excludes halogenated alkanes) is 1. The Morgan fingerprint density at radius 1 is 1.25 bits per heavy atom. The van der Waals surface area contributed by atoms with Crippen LogP contribution in [0.15, 0.2) is 17.0 Å². The van der Waals surface area contributed by atoms with Gasteiger partial charge < -0.3 is 4.90 Å². The maximum Gasteiger partial charge on any atom is 0.255 e. The van der Waals surface area contributed by atoms with Gasteiger partial charge in [-0.2, -0.15) is 0 Å². The average molecular weight is 395 g/mol. The molecule has 0 aliphatic carbocycles. The van der Waals surface area contributed by atoms with Crippen molar-refractivity contribution in [2.75, 3.05) is 20.1 Å². The summed E-state index contributed by atoms with van der Waals surface area (Å²) in [6, 6.07) is 2.55. The van der Waals surface area contributed by atoms with Crippen LogP contribution in [0, 0.1) is 5.92 Å². The van der Waals surface area contributed by atoms with Gasteiger partial charge in [-0.05, 0) is 24.5 Å². The topological polar surface area (TPSA) is 66.5 Å². The van der Waals surface area contributed by atoms with Crippen molar-refractivity contribution < 1.29 is 13.2 Å². The second kappa shape index (κ2) is 9.04. The number of carbonyl (C=O) groups is 1. The summed E-state index contributed by atoms with van der Waals surface area (Å²) in [4.78, 5) is 13.9. The predicted molar refractivity (Wildman–Crippen MR) is 98.4 cm³/mol. The Morgan fingerprint density at radius 3 is 2.42 bits per heavy atom. The number of sulfonamides is 1. The zero-order valence-corrected chi connectivity index (χ0v) is 16.7. The molecule has 24 heavy (non-hydrogen) atoms. The number of carbonyl (C=O) groups excluding carboxylic acids is 1. The zero-order valence-electron chi connectivity index (χ0n) is 14.4. The third-order valence-corrected chi connectivity index (χ3v) is 5.62. The molecule has 0 radical (unpaired) electrons. The molecule has 0 aliphatic heterocycles. The van der Waals surface area contributed by atoms with Crippen molar-refractivity contribution in [2.24, 2.45) is 5.92 Å². The smallest absolute Gasteiger partial charge is 0.255 e. The first-order valence-electron chi connectivity index (χ1n) is 7.84. The van der Waals surface area contributed by atoms with E-state index in [-0.39, 0.29) is 38.9 Å². The van der Waals surface area contributed by atoms with Crippen molar-refractivity contribution in [3.05, 3.63) is 27.7 Å². The molecule has 1 N–H and O–H groups in total. The van der Waals surface area contributed by atoms with E-state index in [2.05, 4.69) is 4.72 Å². The Morgan fingerprint density at radius 2 is 1.88 bits per heavy atom. The predicted octanol–water partition coefficient (Wildman–Crippen LogP) is 3.80. The Balaban J connectivity index is 3.20. The summed E-state index contributed by atoms with van der Waals surface area (Å²) >= 11 is 12.1. The van der Waals surface area contributed by atoms with Crippen LogP contribution >= 0.6 is 23.2 Å². The lowest BCUT2D eigenvalue weighted by molar-refractivity contribution is 0.0793. The first-order chi connectivity index (χ1) is 11.1. The molecule has 136 valence electrons. The van der Waals surface area contributed by atoms with Crippen molar-refractivity contribution in [2.45, 2.75) is 38.5 Å². The molecule has 5 nitrogen and oxygen atoms in total. The highest BCUT2D eigenvalue weighted by Gasteiger charge is 2.24. The van der Waals surface area contributed by atoms with Crippen LogP contribution in [0.5, 0.6) is 0 Å². The lowest BCUT2D eigenvalue weighted by Crippen LogP contribution is -2.30. The Bertz CT molecular complexity index is 691. The molecular formula is C16H24Cl2N2O3S. The van der Waals surface area contributed by atoms with E-state index in [1.807, 2.05) is 20.8 Å². The molecule has 1 amide bonds. The molecule has 0 atom stereocenters. The SMILES string of the molecule is CCCCN(C)C(=O)c1cc(S(=O)(=O)NCC(C)C)c(Cl)cc1Cl. The Hall–Kier alpha value is -0.820. The van der Waals surface area contributed by atoms with Gasteiger partial charge in [-0.25, -0.2) is 13.1 Å². The molecular weight excluding hydrogens is 371 g/mol. The van der Waals surface area contributed by atoms with E-state index in [9.17, 15) is 13.2 Å². The summed E-state index contributed by atoms with van der Waals surface area (Å²) in [6.07, 6.45) is 1.80. The van der Waals surface area contributed by atoms with Crippen LogP contribution in [0.1, 0.15) is 44.0 Å². The van der Waals surface area contributed by atoms with E-state index in [1.54, 1.807) is 7.05 Å². The number of rotatable bonds is 8. The second-order valence-corrected chi connectivity index (χ2v) is 8.64. The van der Waals surface area contributed by atoms with Crippen molar-refractivity contribution in [1.29, 1.82) is 0 Å². The van der Waals surface area contributed by atoms with Gasteiger partial charge in [0.1, 0.15) is 4.90 Å². The lowest BCUT2D eigenvalue weighted by atomic mass is 10.2. The highest BCUT2D eigenvalue weighted by molar-refractivity contribution is 7.89. The first-order valence-corrected chi connectivity index (χ1v) is 10.1. The van der Waals surface area contributed by atoms with Crippen molar-refractivity contribution in [3.8, 4) is 0 Å². The molecule has 0 saturated heterocycles. The number of amides is 1. The van der Waals surface area contributed by atoms with Crippen molar-refractivity contribution >= 4 is 39.1 Å². The van der Waals surface area contributed by atoms with E-state index in [1.165, 1.54) is 17.0 Å². The normalized spacial score (nSPS) is 11.8. The summed E-state index contributed by atoms with van der Waals surface area (Å²) in [5.41, 5.74) is 0.129. The van der Waals surface area contributed by atoms with Crippen LogP contribution in [0.4, 0.5) is 0 Å². The molecule has 0 unspecified atom stereocenters. The van der Waals surface area contributed by atoms with Crippen molar-refractivity contribution in [3.63, 3.8) is 0 Å². The minimum absolute atomic E-state index is 0.0102. The number of halogens is 2.